The number of rotatable bonds is 2. The van der Waals surface area contributed by atoms with Gasteiger partial charge >= 0.3 is 0 Å². The van der Waals surface area contributed by atoms with Gasteiger partial charge in [0.05, 0.1) is 6.07 Å². The third-order valence-electron chi connectivity index (χ3n) is 5.29. The second kappa shape index (κ2) is 7.83. The molecule has 5 heteroatoms. The van der Waals surface area contributed by atoms with Crippen LogP contribution in [0.1, 0.15) is 36.3 Å². The Bertz CT molecular complexity index is 1050. The molecule has 1 N–H and O–H groups in total. The van der Waals surface area contributed by atoms with Crippen LogP contribution < -0.4 is 0 Å². The van der Waals surface area contributed by atoms with E-state index in [2.05, 4.69) is 6.07 Å². The topological polar surface area (TPSA) is 56.9 Å². The third-order valence-corrected chi connectivity index (χ3v) is 5.98. The summed E-state index contributed by atoms with van der Waals surface area (Å²) < 4.78 is 5.90. The summed E-state index contributed by atoms with van der Waals surface area (Å²) in [4.78, 5) is 0. The first-order chi connectivity index (χ1) is 13.6. The van der Waals surface area contributed by atoms with Crippen LogP contribution in [0.15, 0.2) is 65.4 Å². The molecular formula is C23H18Cl2N2O. The fourth-order valence-corrected chi connectivity index (χ4v) is 4.45. The minimum absolute atomic E-state index is 0.0295. The first kappa shape index (κ1) is 18.8. The van der Waals surface area contributed by atoms with E-state index in [-0.39, 0.29) is 11.8 Å². The molecule has 1 aliphatic carbocycles. The third kappa shape index (κ3) is 3.35. The first-order valence-electron chi connectivity index (χ1n) is 9.19. The molecular weight excluding hydrogens is 391 g/mol. The summed E-state index contributed by atoms with van der Waals surface area (Å²) in [5.74, 6) is -0.283. The lowest BCUT2D eigenvalue weighted by Gasteiger charge is -2.36. The average Bonchev–Trinajstić information content (AvgIpc) is 2.70. The summed E-state index contributed by atoms with van der Waals surface area (Å²) >= 11 is 12.8. The average molecular weight is 409 g/mol. The highest BCUT2D eigenvalue weighted by Crippen LogP contribution is 2.48. The van der Waals surface area contributed by atoms with Crippen molar-refractivity contribution in [3.05, 3.63) is 86.6 Å². The van der Waals surface area contributed by atoms with E-state index >= 15 is 0 Å². The molecule has 0 fully saturated rings. The van der Waals surface area contributed by atoms with Crippen LogP contribution in [0.2, 0.25) is 10.0 Å². The highest BCUT2D eigenvalue weighted by atomic mass is 35.5. The second-order valence-corrected chi connectivity index (χ2v) is 7.79. The zero-order chi connectivity index (χ0) is 19.7. The van der Waals surface area contributed by atoms with Crippen LogP contribution in [-0.4, -0.2) is 5.90 Å². The van der Waals surface area contributed by atoms with E-state index in [0.717, 1.165) is 41.5 Å². The molecule has 2 aliphatic rings. The molecule has 0 bridgehead atoms. The molecule has 28 heavy (non-hydrogen) atoms. The molecule has 1 heterocycles. The molecule has 2 atom stereocenters. The van der Waals surface area contributed by atoms with E-state index in [1.54, 1.807) is 0 Å². The van der Waals surface area contributed by atoms with E-state index in [4.69, 9.17) is 33.3 Å². The molecule has 1 aliphatic heterocycles. The molecule has 2 aromatic carbocycles. The molecule has 140 valence electrons. The van der Waals surface area contributed by atoms with Gasteiger partial charge in [0.1, 0.15) is 11.7 Å². The Labute approximate surface area is 174 Å². The van der Waals surface area contributed by atoms with Crippen molar-refractivity contribution in [3.8, 4) is 6.07 Å². The number of nitriles is 1. The van der Waals surface area contributed by atoms with Gasteiger partial charge in [0.2, 0.25) is 5.90 Å². The SMILES string of the molecule is N#CC1C(=N)OC2=C(CCC/C2=C\c2ccccc2Cl)C1c1ccccc1Cl. The Morgan fingerprint density at radius 3 is 2.46 bits per heavy atom. The molecule has 0 radical (unpaired) electrons. The van der Waals surface area contributed by atoms with Gasteiger partial charge in [0.15, 0.2) is 0 Å². The van der Waals surface area contributed by atoms with Crippen molar-refractivity contribution in [2.45, 2.75) is 25.2 Å². The van der Waals surface area contributed by atoms with Gasteiger partial charge in [-0.1, -0.05) is 59.6 Å². The maximum absolute atomic E-state index is 9.74. The summed E-state index contributed by atoms with van der Waals surface area (Å²) in [6.45, 7) is 0. The van der Waals surface area contributed by atoms with E-state index in [9.17, 15) is 5.26 Å². The number of hydrogen-bond acceptors (Lipinski definition) is 3. The number of ether oxygens (including phenoxy) is 1. The lowest BCUT2D eigenvalue weighted by molar-refractivity contribution is 0.335. The summed E-state index contributed by atoms with van der Waals surface area (Å²) in [7, 11) is 0. The van der Waals surface area contributed by atoms with Gasteiger partial charge in [0, 0.05) is 16.0 Å². The molecule has 0 saturated heterocycles. The van der Waals surface area contributed by atoms with Gasteiger partial charge in [-0.3, -0.25) is 5.41 Å². The van der Waals surface area contributed by atoms with Crippen LogP contribution in [-0.2, 0) is 4.74 Å². The van der Waals surface area contributed by atoms with Crippen molar-refractivity contribution in [1.29, 1.82) is 10.7 Å². The quantitative estimate of drug-likeness (QED) is 0.597. The zero-order valence-electron chi connectivity index (χ0n) is 15.1. The number of benzene rings is 2. The van der Waals surface area contributed by atoms with E-state index in [1.807, 2.05) is 54.6 Å². The second-order valence-electron chi connectivity index (χ2n) is 6.97. The highest BCUT2D eigenvalue weighted by Gasteiger charge is 2.41. The van der Waals surface area contributed by atoms with Crippen molar-refractivity contribution in [1.82, 2.24) is 0 Å². The Kier molecular flexibility index (Phi) is 5.26. The number of halogens is 2. The summed E-state index contributed by atoms with van der Waals surface area (Å²) in [5.41, 5.74) is 3.84. The predicted octanol–water partition coefficient (Wildman–Crippen LogP) is 6.75. The monoisotopic (exact) mass is 408 g/mol. The van der Waals surface area contributed by atoms with Gasteiger partial charge < -0.3 is 4.74 Å². The van der Waals surface area contributed by atoms with Crippen LogP contribution in [0.25, 0.3) is 6.08 Å². The van der Waals surface area contributed by atoms with Crippen molar-refractivity contribution >= 4 is 35.2 Å². The predicted molar refractivity (Wildman–Crippen MR) is 112 cm³/mol. The largest absolute Gasteiger partial charge is 0.442 e. The van der Waals surface area contributed by atoms with Gasteiger partial charge in [-0.2, -0.15) is 5.26 Å². The van der Waals surface area contributed by atoms with Crippen LogP contribution in [0.3, 0.4) is 0 Å². The molecule has 0 saturated carbocycles. The van der Waals surface area contributed by atoms with Crippen LogP contribution in [0.4, 0.5) is 0 Å². The zero-order valence-corrected chi connectivity index (χ0v) is 16.6. The minimum atomic E-state index is -0.682. The van der Waals surface area contributed by atoms with Gasteiger partial charge in [-0.05, 0) is 59.7 Å². The Hall–Kier alpha value is -2.54. The Morgan fingerprint density at radius 2 is 1.75 bits per heavy atom. The number of hydrogen-bond donors (Lipinski definition) is 1. The number of allylic oxidation sites excluding steroid dienone is 2. The van der Waals surface area contributed by atoms with Crippen LogP contribution in [0.5, 0.6) is 0 Å². The van der Waals surface area contributed by atoms with Crippen LogP contribution >= 0.6 is 23.2 Å². The van der Waals surface area contributed by atoms with Crippen molar-refractivity contribution in [3.63, 3.8) is 0 Å². The molecule has 2 unspecified atom stereocenters. The molecule has 4 rings (SSSR count). The smallest absolute Gasteiger partial charge is 0.205 e. The van der Waals surface area contributed by atoms with Gasteiger partial charge in [0.25, 0.3) is 0 Å². The van der Waals surface area contributed by atoms with Gasteiger partial charge in [-0.15, -0.1) is 0 Å². The molecule has 3 nitrogen and oxygen atoms in total. The lowest BCUT2D eigenvalue weighted by atomic mass is 9.73. The minimum Gasteiger partial charge on any atom is -0.442 e. The molecule has 0 aromatic heterocycles. The maximum Gasteiger partial charge on any atom is 0.205 e. The normalized spacial score (nSPS) is 23.2. The summed E-state index contributed by atoms with van der Waals surface area (Å²) in [6.07, 6.45) is 4.63. The molecule has 0 spiro atoms. The molecule has 0 amide bonds. The first-order valence-corrected chi connectivity index (χ1v) is 9.94. The maximum atomic E-state index is 9.74. The van der Waals surface area contributed by atoms with Crippen molar-refractivity contribution in [2.24, 2.45) is 5.92 Å². The van der Waals surface area contributed by atoms with Crippen molar-refractivity contribution < 1.29 is 4.74 Å². The highest BCUT2D eigenvalue weighted by molar-refractivity contribution is 6.32. The van der Waals surface area contributed by atoms with E-state index in [1.165, 1.54) is 0 Å². The fourth-order valence-electron chi connectivity index (χ4n) is 4.00. The summed E-state index contributed by atoms with van der Waals surface area (Å²) in [6, 6.07) is 17.5. The fraction of sp³-hybridized carbons (Fsp3) is 0.217. The standard InChI is InChI=1S/C23H18Cl2N2O/c24-19-10-3-1-6-14(19)12-15-7-5-9-17-21(16-8-2-4-11-20(16)25)18(13-26)23(27)28-22(15)17/h1-4,6,8,10-12,18,21,27H,5,7,9H2/b15-12+,27-23?. The molecule has 2 aromatic rings. The number of nitrogens with zero attached hydrogens (tertiary/aromatic N) is 1. The van der Waals surface area contributed by atoms with Crippen molar-refractivity contribution in [2.75, 3.05) is 0 Å². The number of nitrogens with one attached hydrogen (secondary N) is 1. The Balaban J connectivity index is 1.88. The van der Waals surface area contributed by atoms with Gasteiger partial charge in [-0.25, -0.2) is 0 Å². The van der Waals surface area contributed by atoms with E-state index in [0.29, 0.717) is 15.8 Å². The van der Waals surface area contributed by atoms with E-state index < -0.39 is 5.92 Å². The van der Waals surface area contributed by atoms with Crippen LogP contribution in [0, 0.1) is 22.7 Å². The summed E-state index contributed by atoms with van der Waals surface area (Å²) in [5, 5.41) is 19.4. The lowest BCUT2D eigenvalue weighted by Crippen LogP contribution is -2.32. The Morgan fingerprint density at radius 1 is 1.04 bits per heavy atom.